The fourth-order valence-electron chi connectivity index (χ4n) is 4.76. The smallest absolute Gasteiger partial charge is 0.414 e. The molecule has 4 rings (SSSR count). The molecule has 2 amide bonds. The lowest BCUT2D eigenvalue weighted by Gasteiger charge is -2.37. The molecule has 3 aliphatic heterocycles. The summed E-state index contributed by atoms with van der Waals surface area (Å²) in [6, 6.07) is 4.55. The zero-order chi connectivity index (χ0) is 27.2. The number of carbonyl (C=O) groups excluding carboxylic acids is 4. The summed E-state index contributed by atoms with van der Waals surface area (Å²) in [5.74, 6) is -0.113. The van der Waals surface area contributed by atoms with Gasteiger partial charge >= 0.3 is 6.09 Å². The number of ether oxygens (including phenoxy) is 1. The molecule has 0 saturated carbocycles. The first-order valence-electron chi connectivity index (χ1n) is 12.8. The highest BCUT2D eigenvalue weighted by Gasteiger charge is 2.34. The van der Waals surface area contributed by atoms with E-state index in [4.69, 9.17) is 4.74 Å². The summed E-state index contributed by atoms with van der Waals surface area (Å²) in [4.78, 5) is 53.4. The number of benzene rings is 1. The third-order valence-corrected chi connectivity index (χ3v) is 9.25. The van der Waals surface area contributed by atoms with Crippen molar-refractivity contribution in [3.05, 3.63) is 24.0 Å². The van der Waals surface area contributed by atoms with Crippen LogP contribution in [0.3, 0.4) is 0 Å². The second-order valence-corrected chi connectivity index (χ2v) is 12.3. The third kappa shape index (κ3) is 7.19. The lowest BCUT2D eigenvalue weighted by Crippen LogP contribution is -2.50. The van der Waals surface area contributed by atoms with E-state index in [0.717, 1.165) is 55.7 Å². The number of halogens is 1. The van der Waals surface area contributed by atoms with Crippen LogP contribution >= 0.6 is 23.5 Å². The number of hydrogen-bond acceptors (Lipinski definition) is 10. The maximum Gasteiger partial charge on any atom is 0.414 e. The molecule has 1 aromatic rings. The van der Waals surface area contributed by atoms with Crippen LogP contribution in [0.1, 0.15) is 26.7 Å². The summed E-state index contributed by atoms with van der Waals surface area (Å²) in [7, 11) is 0. The van der Waals surface area contributed by atoms with Crippen molar-refractivity contribution < 1.29 is 28.3 Å². The molecule has 3 fully saturated rings. The maximum absolute atomic E-state index is 15.4. The lowest BCUT2D eigenvalue weighted by atomic mass is 9.99. The van der Waals surface area contributed by atoms with Gasteiger partial charge in [-0.3, -0.25) is 19.4 Å². The summed E-state index contributed by atoms with van der Waals surface area (Å²) >= 11 is 2.12. The van der Waals surface area contributed by atoms with Gasteiger partial charge in [0.15, 0.2) is 0 Å². The van der Waals surface area contributed by atoms with Crippen molar-refractivity contribution in [1.82, 2.24) is 15.5 Å². The predicted octanol–water partition coefficient (Wildman–Crippen LogP) is 2.87. The Morgan fingerprint density at radius 2 is 2.05 bits per heavy atom. The van der Waals surface area contributed by atoms with E-state index in [0.29, 0.717) is 36.9 Å². The molecule has 0 aliphatic carbocycles. The third-order valence-electron chi connectivity index (χ3n) is 6.94. The number of amides is 2. The molecule has 38 heavy (non-hydrogen) atoms. The highest BCUT2D eigenvalue weighted by molar-refractivity contribution is 8.39. The highest BCUT2D eigenvalue weighted by Crippen LogP contribution is 2.35. The topological polar surface area (TPSA) is 111 Å². The van der Waals surface area contributed by atoms with Crippen LogP contribution in [0.15, 0.2) is 18.2 Å². The quantitative estimate of drug-likeness (QED) is 0.455. The van der Waals surface area contributed by atoms with Gasteiger partial charge in [0.25, 0.3) is 0 Å². The Morgan fingerprint density at radius 1 is 1.29 bits per heavy atom. The van der Waals surface area contributed by atoms with E-state index in [1.807, 2.05) is 4.90 Å². The number of carbonyl (C=O) groups is 4. The number of anilines is 2. The monoisotopic (exact) mass is 567 g/mol. The Kier molecular flexibility index (Phi) is 9.91. The minimum absolute atomic E-state index is 0.179. The summed E-state index contributed by atoms with van der Waals surface area (Å²) in [6.07, 6.45) is 1.73. The molecule has 208 valence electrons. The minimum Gasteiger partial charge on any atom is -0.442 e. The number of aldehydes is 1. The number of likely N-dealkylation sites (tertiary alicyclic amines) is 1. The minimum atomic E-state index is -0.598. The first kappa shape index (κ1) is 28.7. The second kappa shape index (κ2) is 13.1. The molecule has 0 spiro atoms. The summed E-state index contributed by atoms with van der Waals surface area (Å²) in [5, 5.41) is 5.01. The average Bonchev–Trinajstić information content (AvgIpc) is 3.27. The first-order valence-corrected chi connectivity index (χ1v) is 14.6. The molecule has 3 heterocycles. The van der Waals surface area contributed by atoms with Gasteiger partial charge in [-0.05, 0) is 73.6 Å². The molecule has 2 N–H and O–H groups in total. The summed E-state index contributed by atoms with van der Waals surface area (Å²) < 4.78 is 20.5. The van der Waals surface area contributed by atoms with Gasteiger partial charge in [-0.25, -0.2) is 9.18 Å². The Balaban J connectivity index is 1.39. The normalized spacial score (nSPS) is 23.7. The number of piperazine rings is 1. The number of nitrogens with zero attached hydrogens (tertiary/aromatic N) is 3. The number of piperidine rings is 1. The van der Waals surface area contributed by atoms with Crippen LogP contribution < -0.4 is 20.4 Å². The summed E-state index contributed by atoms with van der Waals surface area (Å²) in [6.45, 7) is 7.16. The molecule has 0 aromatic heterocycles. The van der Waals surface area contributed by atoms with Crippen LogP contribution in [0.25, 0.3) is 0 Å². The molecule has 10 nitrogen and oxygen atoms in total. The molecule has 3 atom stereocenters. The molecule has 3 saturated heterocycles. The highest BCUT2D eigenvalue weighted by atomic mass is 32.2. The van der Waals surface area contributed by atoms with Gasteiger partial charge in [0.05, 0.1) is 29.8 Å². The van der Waals surface area contributed by atoms with Crippen molar-refractivity contribution in [2.75, 3.05) is 55.6 Å². The Labute approximate surface area is 230 Å². The Hall–Kier alpha value is -2.35. The van der Waals surface area contributed by atoms with Crippen LogP contribution in [0.2, 0.25) is 0 Å². The van der Waals surface area contributed by atoms with Gasteiger partial charge in [-0.15, -0.1) is 0 Å². The van der Waals surface area contributed by atoms with Crippen LogP contribution in [0, 0.1) is 11.7 Å². The van der Waals surface area contributed by atoms with Crippen molar-refractivity contribution in [1.29, 1.82) is 0 Å². The van der Waals surface area contributed by atoms with Gasteiger partial charge in [0.2, 0.25) is 10.4 Å². The number of cyclic esters (lactones) is 1. The first-order chi connectivity index (χ1) is 18.2. The van der Waals surface area contributed by atoms with Gasteiger partial charge in [-0.2, -0.15) is 0 Å². The SMILES string of the molecule is CC(=O)NCC1CN(c2ccc(N3CCNCC3SC(=O)SC(C=O)N3CCC(C)CC3)c(F)c2)C(=O)O1. The molecule has 0 radical (unpaired) electrons. The largest absolute Gasteiger partial charge is 0.442 e. The zero-order valence-electron chi connectivity index (χ0n) is 21.6. The second-order valence-electron chi connectivity index (χ2n) is 9.77. The molecule has 3 aliphatic rings. The van der Waals surface area contributed by atoms with E-state index in [9.17, 15) is 19.2 Å². The van der Waals surface area contributed by atoms with Crippen LogP contribution in [-0.4, -0.2) is 90.3 Å². The van der Waals surface area contributed by atoms with Gasteiger partial charge in [0.1, 0.15) is 23.6 Å². The molecule has 0 bridgehead atoms. The van der Waals surface area contributed by atoms with Crippen molar-refractivity contribution in [3.8, 4) is 0 Å². The maximum atomic E-state index is 15.4. The van der Waals surface area contributed by atoms with E-state index in [2.05, 4.69) is 22.5 Å². The number of rotatable bonds is 8. The van der Waals surface area contributed by atoms with Crippen molar-refractivity contribution in [2.24, 2.45) is 5.92 Å². The molecule has 13 heteroatoms. The number of nitrogens with one attached hydrogen (secondary N) is 2. The van der Waals surface area contributed by atoms with Crippen molar-refractivity contribution in [3.63, 3.8) is 0 Å². The Bertz CT molecular complexity index is 1040. The summed E-state index contributed by atoms with van der Waals surface area (Å²) in [5.41, 5.74) is 0.696. The van der Waals surface area contributed by atoms with Crippen LogP contribution in [-0.2, 0) is 14.3 Å². The van der Waals surface area contributed by atoms with E-state index in [1.165, 1.54) is 17.9 Å². The zero-order valence-corrected chi connectivity index (χ0v) is 23.2. The van der Waals surface area contributed by atoms with Gasteiger partial charge < -0.3 is 25.1 Å². The lowest BCUT2D eigenvalue weighted by molar-refractivity contribution is -0.119. The van der Waals surface area contributed by atoms with E-state index in [1.54, 1.807) is 12.1 Å². The fraction of sp³-hybridized carbons (Fsp3) is 0.600. The van der Waals surface area contributed by atoms with E-state index >= 15 is 4.39 Å². The van der Waals surface area contributed by atoms with E-state index < -0.39 is 23.4 Å². The predicted molar refractivity (Wildman–Crippen MR) is 147 cm³/mol. The molecular weight excluding hydrogens is 533 g/mol. The molecule has 1 aromatic carbocycles. The van der Waals surface area contributed by atoms with Crippen molar-refractivity contribution in [2.45, 2.75) is 43.5 Å². The molecular formula is C25H34FN5O5S2. The van der Waals surface area contributed by atoms with Gasteiger partial charge in [0, 0.05) is 26.6 Å². The van der Waals surface area contributed by atoms with Crippen LogP contribution in [0.5, 0.6) is 0 Å². The Morgan fingerprint density at radius 3 is 2.74 bits per heavy atom. The standard InChI is InChI=1S/C25H34FN5O5S2/c1-16-5-8-29(9-6-16)23(15-32)38-25(35)37-22-13-27-7-10-30(22)21-4-3-18(11-20(21)26)31-14-19(36-24(31)34)12-28-17(2)33/h3-4,11,15-16,19,22-23,27H,5-10,12-14H2,1-2H3,(H,28,33). The number of hydrogen-bond donors (Lipinski definition) is 2. The number of thioether (sulfide) groups is 2. The average molecular weight is 568 g/mol. The van der Waals surface area contributed by atoms with Crippen molar-refractivity contribution >= 4 is 57.6 Å². The van der Waals surface area contributed by atoms with Crippen LogP contribution in [0.4, 0.5) is 25.4 Å². The molecule has 3 unspecified atom stereocenters. The van der Waals surface area contributed by atoms with E-state index in [-0.39, 0.29) is 28.8 Å². The fourth-order valence-corrected chi connectivity index (χ4v) is 7.00. The van der Waals surface area contributed by atoms with Gasteiger partial charge in [-0.1, -0.05) is 6.92 Å².